The summed E-state index contributed by atoms with van der Waals surface area (Å²) in [7, 11) is -4.61. The summed E-state index contributed by atoms with van der Waals surface area (Å²) in [6.07, 6.45) is 1.50. The van der Waals surface area contributed by atoms with Gasteiger partial charge in [0.1, 0.15) is 0 Å². The monoisotopic (exact) mass is 206 g/mol. The fourth-order valence-electron chi connectivity index (χ4n) is 0. The van der Waals surface area contributed by atoms with Gasteiger partial charge in [-0.3, -0.25) is 0 Å². The zero-order chi connectivity index (χ0) is 9.91. The summed E-state index contributed by atoms with van der Waals surface area (Å²) in [6.45, 7) is 0. The van der Waals surface area contributed by atoms with Crippen LogP contribution < -0.4 is 0 Å². The van der Waals surface area contributed by atoms with Crippen molar-refractivity contribution in [3.8, 4) is 0 Å². The van der Waals surface area contributed by atoms with Crippen molar-refractivity contribution in [3.05, 3.63) is 0 Å². The van der Waals surface area contributed by atoms with Crippen LogP contribution in [0.15, 0.2) is 0 Å². The van der Waals surface area contributed by atoms with E-state index >= 15 is 0 Å². The molecule has 0 aliphatic rings. The normalized spacial score (nSPS) is 6.33. The van der Waals surface area contributed by atoms with Gasteiger partial charge in [-0.15, -0.1) is 0 Å². The van der Waals surface area contributed by atoms with E-state index in [-0.39, 0.29) is 29.6 Å². The van der Waals surface area contributed by atoms with Gasteiger partial charge in [-0.2, -0.15) is 0 Å². The van der Waals surface area contributed by atoms with Crippen molar-refractivity contribution in [1.29, 1.82) is 10.8 Å². The van der Waals surface area contributed by atoms with Crippen molar-refractivity contribution in [2.24, 2.45) is 0 Å². The van der Waals surface area contributed by atoms with Crippen LogP contribution >= 0.6 is 0 Å². The molecule has 66 valence electrons. The predicted molar refractivity (Wildman–Crippen MR) is 38.6 cm³/mol. The Labute approximate surface area is 90.3 Å². The summed E-state index contributed by atoms with van der Waals surface area (Å²) >= 11 is 0. The number of rotatable bonds is 0. The predicted octanol–water partition coefficient (Wildman–Crippen LogP) is -3.46. The molecule has 0 fully saturated rings. The van der Waals surface area contributed by atoms with Crippen LogP contribution in [0.25, 0.3) is 0 Å². The molecule has 0 bridgehead atoms. The Morgan fingerprint density at radius 3 is 0.917 bits per heavy atom. The van der Waals surface area contributed by atoms with Gasteiger partial charge in [-0.05, 0) is 0 Å². The summed E-state index contributed by atoms with van der Waals surface area (Å²) in [5.41, 5.74) is 0. The SMILES string of the molecule is N=C=O.N=C=O.O[Si](O)(O)O.[NaH]. The van der Waals surface area contributed by atoms with E-state index in [1.807, 2.05) is 0 Å². The third kappa shape index (κ3) is 22800. The first kappa shape index (κ1) is 22.6. The molecule has 12 heavy (non-hydrogen) atoms. The van der Waals surface area contributed by atoms with Crippen molar-refractivity contribution in [3.63, 3.8) is 0 Å². The average Bonchev–Trinajstić information content (AvgIpc) is 1.62. The molecule has 0 spiro atoms. The van der Waals surface area contributed by atoms with E-state index in [4.69, 9.17) is 39.6 Å². The number of hydrogen-bond acceptors (Lipinski definition) is 8. The van der Waals surface area contributed by atoms with E-state index in [1.54, 1.807) is 0 Å². The zero-order valence-corrected chi connectivity index (χ0v) is 6.11. The molecule has 0 rings (SSSR count). The quantitative estimate of drug-likeness (QED) is 0.137. The van der Waals surface area contributed by atoms with E-state index < -0.39 is 9.05 Å². The first-order chi connectivity index (χ1) is 4.83. The van der Waals surface area contributed by atoms with Crippen molar-refractivity contribution in [1.82, 2.24) is 0 Å². The number of nitrogens with one attached hydrogen (secondary N) is 2. The Morgan fingerprint density at radius 2 is 0.917 bits per heavy atom. The van der Waals surface area contributed by atoms with Gasteiger partial charge in [-0.1, -0.05) is 0 Å². The maximum absolute atomic E-state index is 8.35. The third-order valence-electron chi connectivity index (χ3n) is 0. The maximum atomic E-state index is 8.35. The second kappa shape index (κ2) is 17.1. The van der Waals surface area contributed by atoms with E-state index in [2.05, 4.69) is 0 Å². The van der Waals surface area contributed by atoms with Gasteiger partial charge in [-0.25, -0.2) is 20.4 Å². The molecule has 6 N–H and O–H groups in total. The summed E-state index contributed by atoms with van der Waals surface area (Å²) in [4.78, 5) is 46.0. The summed E-state index contributed by atoms with van der Waals surface area (Å²) in [5.74, 6) is 0. The Kier molecular flexibility index (Phi) is 32.2. The minimum atomic E-state index is -4.61. The molecule has 0 saturated carbocycles. The van der Waals surface area contributed by atoms with Crippen LogP contribution in [0, 0.1) is 10.8 Å². The zero-order valence-electron chi connectivity index (χ0n) is 5.11. The molecular formula is C2H7N2NaO6Si. The number of isocyanates is 2. The first-order valence-corrected chi connectivity index (χ1v) is 3.59. The molecule has 0 aliphatic carbocycles. The fourth-order valence-corrected chi connectivity index (χ4v) is 0. The Morgan fingerprint density at radius 1 is 0.917 bits per heavy atom. The van der Waals surface area contributed by atoms with Gasteiger partial charge < -0.3 is 19.2 Å². The molecular weight excluding hydrogens is 199 g/mol. The first-order valence-electron chi connectivity index (χ1n) is 1.80. The molecule has 0 atom stereocenters. The standard InChI is InChI=1S/2CHNO.Na.H4O4Si.H/c2*2-1-3;;1-5(2,3)4;/h2*2H;;1-4H;. The Balaban J connectivity index is -0.0000000406. The van der Waals surface area contributed by atoms with E-state index in [0.29, 0.717) is 0 Å². The van der Waals surface area contributed by atoms with Gasteiger partial charge in [0.25, 0.3) is 0 Å². The van der Waals surface area contributed by atoms with Crippen LogP contribution in [0.1, 0.15) is 0 Å². The van der Waals surface area contributed by atoms with Crippen molar-refractivity contribution in [2.45, 2.75) is 0 Å². The molecule has 0 unspecified atom stereocenters. The number of carbonyl (C=O) groups excluding carboxylic acids is 2. The van der Waals surface area contributed by atoms with Crippen LogP contribution in [-0.2, 0) is 9.59 Å². The topological polar surface area (TPSA) is 163 Å². The molecule has 0 radical (unpaired) electrons. The van der Waals surface area contributed by atoms with Gasteiger partial charge >= 0.3 is 38.6 Å². The van der Waals surface area contributed by atoms with Gasteiger partial charge in [0, 0.05) is 0 Å². The average molecular weight is 206 g/mol. The molecule has 0 saturated heterocycles. The van der Waals surface area contributed by atoms with Crippen LogP contribution in [0.3, 0.4) is 0 Å². The van der Waals surface area contributed by atoms with Gasteiger partial charge in [0.15, 0.2) is 0 Å². The minimum absolute atomic E-state index is 0. The van der Waals surface area contributed by atoms with E-state index in [9.17, 15) is 0 Å². The molecule has 0 aromatic rings. The van der Waals surface area contributed by atoms with Crippen LogP contribution in [0.2, 0.25) is 0 Å². The van der Waals surface area contributed by atoms with Crippen molar-refractivity contribution >= 4 is 50.8 Å². The summed E-state index contributed by atoms with van der Waals surface area (Å²) in [5, 5.41) is 10.8. The molecule has 10 heteroatoms. The Hall–Kier alpha value is -0.183. The van der Waals surface area contributed by atoms with E-state index in [1.165, 1.54) is 0 Å². The molecule has 0 aromatic carbocycles. The van der Waals surface area contributed by atoms with Crippen LogP contribution in [-0.4, -0.2) is 69.9 Å². The van der Waals surface area contributed by atoms with Gasteiger partial charge in [0.2, 0.25) is 12.2 Å². The third-order valence-corrected chi connectivity index (χ3v) is 0. The molecule has 0 amide bonds. The van der Waals surface area contributed by atoms with E-state index in [0.717, 1.165) is 12.2 Å². The van der Waals surface area contributed by atoms with Gasteiger partial charge in [0.05, 0.1) is 0 Å². The number of hydrogen-bond donors (Lipinski definition) is 6. The summed E-state index contributed by atoms with van der Waals surface area (Å²) < 4.78 is 0. The fraction of sp³-hybridized carbons (Fsp3) is 0. The Bertz CT molecular complexity index is 126. The van der Waals surface area contributed by atoms with Crippen molar-refractivity contribution < 1.29 is 28.8 Å². The van der Waals surface area contributed by atoms with Crippen LogP contribution in [0.5, 0.6) is 0 Å². The molecule has 0 aromatic heterocycles. The second-order valence-electron chi connectivity index (χ2n) is 0.804. The second-order valence-corrected chi connectivity index (χ2v) is 2.00. The van der Waals surface area contributed by atoms with Crippen molar-refractivity contribution in [2.75, 3.05) is 0 Å². The van der Waals surface area contributed by atoms with Crippen LogP contribution in [0.4, 0.5) is 0 Å². The summed E-state index contributed by atoms with van der Waals surface area (Å²) in [6, 6.07) is 0. The molecule has 0 aliphatic heterocycles. The molecule has 0 heterocycles. The molecule has 8 nitrogen and oxygen atoms in total.